The molecule has 0 radical (unpaired) electrons. The molecule has 0 aliphatic carbocycles. The average molecular weight is 490 g/mol. The second kappa shape index (κ2) is 11.0. The number of rotatable bonds is 8. The highest BCUT2D eigenvalue weighted by Crippen LogP contribution is 2.28. The molecule has 0 aliphatic rings. The zero-order valence-electron chi connectivity index (χ0n) is 18.7. The third kappa shape index (κ3) is 6.24. The van der Waals surface area contributed by atoms with E-state index >= 15 is 0 Å². The minimum atomic E-state index is -0.171. The highest BCUT2D eigenvalue weighted by molar-refractivity contribution is 8.00. The van der Waals surface area contributed by atoms with Gasteiger partial charge in [0, 0.05) is 27.1 Å². The molecule has 0 saturated heterocycles. The van der Waals surface area contributed by atoms with Crippen LogP contribution in [0.1, 0.15) is 15.9 Å². The number of thiazole rings is 1. The summed E-state index contributed by atoms with van der Waals surface area (Å²) in [5.41, 5.74) is 4.08. The third-order valence-electron chi connectivity index (χ3n) is 4.89. The van der Waals surface area contributed by atoms with Gasteiger partial charge in [0.05, 0.1) is 18.6 Å². The number of ether oxygens (including phenoxy) is 1. The fourth-order valence-corrected chi connectivity index (χ4v) is 4.61. The largest absolute Gasteiger partial charge is 0.497 e. The van der Waals surface area contributed by atoms with Gasteiger partial charge in [-0.25, -0.2) is 4.98 Å². The molecule has 1 aromatic heterocycles. The number of anilines is 2. The topological polar surface area (TPSA) is 80.3 Å². The lowest BCUT2D eigenvalue weighted by Crippen LogP contribution is -2.14. The fraction of sp³-hybridized carbons (Fsp3) is 0.115. The smallest absolute Gasteiger partial charge is 0.255 e. The number of carbonyl (C=O) groups excluding carboxylic acids is 2. The Morgan fingerprint density at radius 2 is 1.79 bits per heavy atom. The van der Waals surface area contributed by atoms with Crippen molar-refractivity contribution in [1.29, 1.82) is 0 Å². The maximum absolute atomic E-state index is 12.5. The van der Waals surface area contributed by atoms with Crippen molar-refractivity contribution in [2.45, 2.75) is 11.8 Å². The van der Waals surface area contributed by atoms with Crippen molar-refractivity contribution in [3.8, 4) is 17.0 Å². The van der Waals surface area contributed by atoms with Crippen LogP contribution in [0.3, 0.4) is 0 Å². The zero-order valence-corrected chi connectivity index (χ0v) is 20.3. The summed E-state index contributed by atoms with van der Waals surface area (Å²) in [5, 5.41) is 8.20. The van der Waals surface area contributed by atoms with Gasteiger partial charge in [0.2, 0.25) is 5.91 Å². The van der Waals surface area contributed by atoms with Crippen LogP contribution in [-0.4, -0.2) is 29.7 Å². The SMILES string of the molecule is COc1cccc(-c2csc(NC(=O)CSc3cccc(NC(=O)c4ccc(C)cc4)c3)n2)c1. The Balaban J connectivity index is 1.31. The van der Waals surface area contributed by atoms with Crippen LogP contribution in [0.2, 0.25) is 0 Å². The minimum Gasteiger partial charge on any atom is -0.497 e. The van der Waals surface area contributed by atoms with Gasteiger partial charge in [-0.05, 0) is 49.4 Å². The fourth-order valence-electron chi connectivity index (χ4n) is 3.12. The van der Waals surface area contributed by atoms with Crippen LogP contribution in [0.25, 0.3) is 11.3 Å². The van der Waals surface area contributed by atoms with Crippen LogP contribution in [0.5, 0.6) is 5.75 Å². The Morgan fingerprint density at radius 3 is 2.59 bits per heavy atom. The van der Waals surface area contributed by atoms with Gasteiger partial charge in [0.1, 0.15) is 5.75 Å². The van der Waals surface area contributed by atoms with Crippen molar-refractivity contribution in [3.05, 3.63) is 89.3 Å². The van der Waals surface area contributed by atoms with Crippen LogP contribution >= 0.6 is 23.1 Å². The van der Waals surface area contributed by atoms with Crippen LogP contribution in [0.15, 0.2) is 83.1 Å². The monoisotopic (exact) mass is 489 g/mol. The molecule has 34 heavy (non-hydrogen) atoms. The molecule has 0 aliphatic heterocycles. The van der Waals surface area contributed by atoms with Crippen molar-refractivity contribution in [3.63, 3.8) is 0 Å². The van der Waals surface area contributed by atoms with Gasteiger partial charge in [-0.2, -0.15) is 0 Å². The number of hydrogen-bond acceptors (Lipinski definition) is 6. The van der Waals surface area contributed by atoms with E-state index in [4.69, 9.17) is 4.74 Å². The molecule has 0 unspecified atom stereocenters. The summed E-state index contributed by atoms with van der Waals surface area (Å²) in [7, 11) is 1.62. The molecule has 1 heterocycles. The molecular weight excluding hydrogens is 466 g/mol. The van der Waals surface area contributed by atoms with Crippen LogP contribution in [-0.2, 0) is 4.79 Å². The summed E-state index contributed by atoms with van der Waals surface area (Å²) in [6.07, 6.45) is 0. The van der Waals surface area contributed by atoms with Crippen molar-refractivity contribution >= 4 is 45.7 Å². The zero-order chi connectivity index (χ0) is 23.9. The first-order valence-corrected chi connectivity index (χ1v) is 12.4. The Labute approximate surface area is 206 Å². The maximum Gasteiger partial charge on any atom is 0.255 e. The molecule has 4 aromatic rings. The first kappa shape index (κ1) is 23.5. The van der Waals surface area contributed by atoms with Gasteiger partial charge in [-0.15, -0.1) is 23.1 Å². The molecule has 0 fully saturated rings. The van der Waals surface area contributed by atoms with Gasteiger partial charge in [-0.1, -0.05) is 35.9 Å². The van der Waals surface area contributed by atoms with Gasteiger partial charge >= 0.3 is 0 Å². The van der Waals surface area contributed by atoms with Crippen molar-refractivity contribution in [2.24, 2.45) is 0 Å². The number of nitrogens with zero attached hydrogens (tertiary/aromatic N) is 1. The van der Waals surface area contributed by atoms with E-state index in [2.05, 4.69) is 15.6 Å². The van der Waals surface area contributed by atoms with E-state index in [9.17, 15) is 9.59 Å². The summed E-state index contributed by atoms with van der Waals surface area (Å²) in [5.74, 6) is 0.662. The number of thioether (sulfide) groups is 1. The quantitative estimate of drug-likeness (QED) is 0.292. The summed E-state index contributed by atoms with van der Waals surface area (Å²) < 4.78 is 5.26. The number of methoxy groups -OCH3 is 1. The highest BCUT2D eigenvalue weighted by Gasteiger charge is 2.10. The summed E-state index contributed by atoms with van der Waals surface area (Å²) in [6, 6.07) is 22.5. The summed E-state index contributed by atoms with van der Waals surface area (Å²) >= 11 is 2.77. The molecule has 0 atom stereocenters. The number of carbonyl (C=O) groups is 2. The number of aryl methyl sites for hydroxylation is 1. The van der Waals surface area contributed by atoms with E-state index in [0.29, 0.717) is 16.4 Å². The Hall–Kier alpha value is -3.62. The molecule has 172 valence electrons. The Kier molecular flexibility index (Phi) is 7.61. The molecule has 4 rings (SSSR count). The molecule has 0 spiro atoms. The van der Waals surface area contributed by atoms with E-state index < -0.39 is 0 Å². The molecule has 2 amide bonds. The van der Waals surface area contributed by atoms with Crippen molar-refractivity contribution < 1.29 is 14.3 Å². The number of nitrogens with one attached hydrogen (secondary N) is 2. The number of benzene rings is 3. The second-order valence-electron chi connectivity index (χ2n) is 7.45. The molecule has 3 aromatic carbocycles. The third-order valence-corrected chi connectivity index (χ3v) is 6.64. The lowest BCUT2D eigenvalue weighted by atomic mass is 10.1. The van der Waals surface area contributed by atoms with Crippen molar-refractivity contribution in [2.75, 3.05) is 23.5 Å². The highest BCUT2D eigenvalue weighted by atomic mass is 32.2. The first-order chi connectivity index (χ1) is 16.5. The van der Waals surface area contributed by atoms with Gasteiger partial charge in [-0.3, -0.25) is 9.59 Å². The lowest BCUT2D eigenvalue weighted by Gasteiger charge is -2.08. The molecule has 6 nitrogen and oxygen atoms in total. The average Bonchev–Trinajstić information content (AvgIpc) is 3.32. The van der Waals surface area contributed by atoms with E-state index in [1.54, 1.807) is 19.2 Å². The van der Waals surface area contributed by atoms with E-state index in [1.807, 2.05) is 73.0 Å². The predicted molar refractivity (Wildman–Crippen MR) is 139 cm³/mol. The number of hydrogen-bond donors (Lipinski definition) is 2. The Bertz CT molecular complexity index is 1300. The van der Waals surface area contributed by atoms with E-state index in [-0.39, 0.29) is 17.6 Å². The van der Waals surface area contributed by atoms with Gasteiger partial charge in [0.15, 0.2) is 5.13 Å². The molecule has 0 saturated carbocycles. The molecule has 2 N–H and O–H groups in total. The maximum atomic E-state index is 12.5. The van der Waals surface area contributed by atoms with Gasteiger partial charge < -0.3 is 15.4 Å². The minimum absolute atomic E-state index is 0.148. The van der Waals surface area contributed by atoms with E-state index in [0.717, 1.165) is 27.5 Å². The number of aromatic nitrogens is 1. The van der Waals surface area contributed by atoms with Gasteiger partial charge in [0.25, 0.3) is 5.91 Å². The van der Waals surface area contributed by atoms with Crippen LogP contribution in [0, 0.1) is 6.92 Å². The van der Waals surface area contributed by atoms with Crippen LogP contribution < -0.4 is 15.4 Å². The second-order valence-corrected chi connectivity index (χ2v) is 9.36. The lowest BCUT2D eigenvalue weighted by molar-refractivity contribution is -0.113. The van der Waals surface area contributed by atoms with Crippen LogP contribution in [0.4, 0.5) is 10.8 Å². The number of amides is 2. The van der Waals surface area contributed by atoms with Crippen molar-refractivity contribution in [1.82, 2.24) is 4.98 Å². The predicted octanol–water partition coefficient (Wildman–Crippen LogP) is 6.11. The summed E-state index contributed by atoms with van der Waals surface area (Å²) in [4.78, 5) is 30.3. The first-order valence-electron chi connectivity index (χ1n) is 10.5. The standard InChI is InChI=1S/C26H23N3O3S2/c1-17-9-11-18(12-10-17)25(31)27-20-6-4-8-22(14-20)33-16-24(30)29-26-28-23(15-34-26)19-5-3-7-21(13-19)32-2/h3-15H,16H2,1-2H3,(H,27,31)(H,28,29,30). The van der Waals surface area contributed by atoms with E-state index in [1.165, 1.54) is 23.1 Å². The molecule has 8 heteroatoms. The molecular formula is C26H23N3O3S2. The normalized spacial score (nSPS) is 10.5. The Morgan fingerprint density at radius 1 is 1.00 bits per heavy atom. The summed E-state index contributed by atoms with van der Waals surface area (Å²) in [6.45, 7) is 1.98. The molecule has 0 bridgehead atoms.